The van der Waals surface area contributed by atoms with Crippen LogP contribution in [0.1, 0.15) is 26.3 Å². The van der Waals surface area contributed by atoms with E-state index in [0.29, 0.717) is 22.5 Å². The van der Waals surface area contributed by atoms with Gasteiger partial charge in [0.2, 0.25) is 0 Å². The molecule has 6 heteroatoms. The van der Waals surface area contributed by atoms with Crippen LogP contribution in [0.25, 0.3) is 10.9 Å². The maximum absolute atomic E-state index is 12.7. The van der Waals surface area contributed by atoms with Crippen molar-refractivity contribution in [3.8, 4) is 5.75 Å². The second-order valence-corrected chi connectivity index (χ2v) is 6.90. The molecule has 2 amide bonds. The Bertz CT molecular complexity index is 1250. The minimum Gasteiger partial charge on any atom is -0.508 e. The summed E-state index contributed by atoms with van der Waals surface area (Å²) in [7, 11) is 0. The van der Waals surface area contributed by atoms with Crippen LogP contribution in [0.4, 0.5) is 11.4 Å². The number of nitrogens with one attached hydrogen (secondary N) is 2. The van der Waals surface area contributed by atoms with Crippen LogP contribution in [-0.4, -0.2) is 21.9 Å². The van der Waals surface area contributed by atoms with Gasteiger partial charge < -0.3 is 15.7 Å². The largest absolute Gasteiger partial charge is 0.508 e. The first kappa shape index (κ1) is 19.1. The number of rotatable bonds is 4. The van der Waals surface area contributed by atoms with Gasteiger partial charge in [0.1, 0.15) is 5.75 Å². The van der Waals surface area contributed by atoms with E-state index in [1.54, 1.807) is 42.6 Å². The molecule has 0 radical (unpaired) electrons. The third kappa shape index (κ3) is 4.12. The number of aromatic hydroxyl groups is 1. The van der Waals surface area contributed by atoms with Crippen molar-refractivity contribution >= 4 is 34.1 Å². The summed E-state index contributed by atoms with van der Waals surface area (Å²) in [6.07, 6.45) is 1.71. The Morgan fingerprint density at radius 1 is 0.833 bits per heavy atom. The first-order valence-corrected chi connectivity index (χ1v) is 9.37. The number of aryl methyl sites for hydroxylation is 1. The van der Waals surface area contributed by atoms with Gasteiger partial charge in [0.15, 0.2) is 0 Å². The first-order valence-electron chi connectivity index (χ1n) is 9.37. The normalized spacial score (nSPS) is 10.6. The predicted molar refractivity (Wildman–Crippen MR) is 117 cm³/mol. The fraction of sp³-hybridized carbons (Fsp3) is 0.0417. The van der Waals surface area contributed by atoms with E-state index in [1.807, 2.05) is 31.2 Å². The van der Waals surface area contributed by atoms with Crippen LogP contribution in [0.15, 0.2) is 79.0 Å². The number of phenolic OH excluding ortho intramolecular Hbond substituents is 1. The first-order chi connectivity index (χ1) is 14.5. The van der Waals surface area contributed by atoms with Crippen molar-refractivity contribution in [3.05, 3.63) is 95.7 Å². The summed E-state index contributed by atoms with van der Waals surface area (Å²) in [5.41, 5.74) is 3.78. The molecule has 0 spiro atoms. The smallest absolute Gasteiger partial charge is 0.255 e. The minimum absolute atomic E-state index is 0.0944. The highest BCUT2D eigenvalue weighted by atomic mass is 16.3. The molecule has 3 N–H and O–H groups in total. The number of phenols is 1. The SMILES string of the molecule is Cc1ccc(NC(=O)c2ccc3ncccc3c2)cc1NC(=O)c1ccc(O)cc1. The number of fused-ring (bicyclic) bond motifs is 1. The van der Waals surface area contributed by atoms with Crippen LogP contribution in [0.5, 0.6) is 5.75 Å². The third-order valence-corrected chi connectivity index (χ3v) is 4.74. The third-order valence-electron chi connectivity index (χ3n) is 4.74. The van der Waals surface area contributed by atoms with Crippen LogP contribution in [-0.2, 0) is 0 Å². The molecule has 0 aliphatic carbocycles. The molecule has 4 rings (SSSR count). The number of carbonyl (C=O) groups excluding carboxylic acids is 2. The lowest BCUT2D eigenvalue weighted by Crippen LogP contribution is -2.14. The number of benzene rings is 3. The molecule has 0 bridgehead atoms. The van der Waals surface area contributed by atoms with Gasteiger partial charge in [-0.25, -0.2) is 0 Å². The van der Waals surface area contributed by atoms with Crippen molar-refractivity contribution in [2.75, 3.05) is 10.6 Å². The van der Waals surface area contributed by atoms with Gasteiger partial charge in [-0.15, -0.1) is 0 Å². The van der Waals surface area contributed by atoms with Gasteiger partial charge in [-0.3, -0.25) is 14.6 Å². The maximum Gasteiger partial charge on any atom is 0.255 e. The van der Waals surface area contributed by atoms with E-state index in [2.05, 4.69) is 15.6 Å². The van der Waals surface area contributed by atoms with Crippen LogP contribution in [0.2, 0.25) is 0 Å². The number of nitrogens with zero attached hydrogens (tertiary/aromatic N) is 1. The molecule has 0 fully saturated rings. The van der Waals surface area contributed by atoms with E-state index in [-0.39, 0.29) is 17.6 Å². The Labute approximate surface area is 173 Å². The number of amides is 2. The monoisotopic (exact) mass is 397 g/mol. The van der Waals surface area contributed by atoms with Crippen LogP contribution >= 0.6 is 0 Å². The topological polar surface area (TPSA) is 91.3 Å². The molecule has 30 heavy (non-hydrogen) atoms. The van der Waals surface area contributed by atoms with Gasteiger partial charge in [-0.05, 0) is 73.2 Å². The summed E-state index contributed by atoms with van der Waals surface area (Å²) in [5, 5.41) is 16.0. The Morgan fingerprint density at radius 2 is 1.57 bits per heavy atom. The summed E-state index contributed by atoms with van der Waals surface area (Å²) in [6.45, 7) is 1.87. The molecule has 1 aromatic heterocycles. The zero-order valence-corrected chi connectivity index (χ0v) is 16.2. The summed E-state index contributed by atoms with van der Waals surface area (Å²) in [6, 6.07) is 20.4. The summed E-state index contributed by atoms with van der Waals surface area (Å²) in [4.78, 5) is 29.4. The number of carbonyl (C=O) groups is 2. The molecular weight excluding hydrogens is 378 g/mol. The Balaban J connectivity index is 1.52. The molecule has 148 valence electrons. The number of hydrogen-bond donors (Lipinski definition) is 3. The molecule has 1 heterocycles. The van der Waals surface area contributed by atoms with E-state index in [1.165, 1.54) is 12.1 Å². The van der Waals surface area contributed by atoms with Crippen molar-refractivity contribution in [1.82, 2.24) is 4.98 Å². The molecule has 0 aliphatic heterocycles. The average molecular weight is 397 g/mol. The molecular formula is C24H19N3O3. The van der Waals surface area contributed by atoms with Crippen molar-refractivity contribution in [1.29, 1.82) is 0 Å². The fourth-order valence-electron chi connectivity index (χ4n) is 3.06. The van der Waals surface area contributed by atoms with E-state index in [9.17, 15) is 14.7 Å². The second kappa shape index (κ2) is 8.05. The molecule has 0 unspecified atom stereocenters. The highest BCUT2D eigenvalue weighted by Gasteiger charge is 2.11. The molecule has 0 atom stereocenters. The lowest BCUT2D eigenvalue weighted by molar-refractivity contribution is 0.101. The lowest BCUT2D eigenvalue weighted by atomic mass is 10.1. The maximum atomic E-state index is 12.7. The van der Waals surface area contributed by atoms with Crippen molar-refractivity contribution in [3.63, 3.8) is 0 Å². The van der Waals surface area contributed by atoms with Crippen LogP contribution in [0, 0.1) is 6.92 Å². The minimum atomic E-state index is -0.302. The molecule has 3 aromatic carbocycles. The van der Waals surface area contributed by atoms with E-state index >= 15 is 0 Å². The van der Waals surface area contributed by atoms with Gasteiger partial charge >= 0.3 is 0 Å². The average Bonchev–Trinajstić information content (AvgIpc) is 2.76. The van der Waals surface area contributed by atoms with Crippen LogP contribution < -0.4 is 10.6 Å². The van der Waals surface area contributed by atoms with E-state index < -0.39 is 0 Å². The van der Waals surface area contributed by atoms with Crippen molar-refractivity contribution in [2.45, 2.75) is 6.92 Å². The van der Waals surface area contributed by atoms with Gasteiger partial charge in [-0.2, -0.15) is 0 Å². The van der Waals surface area contributed by atoms with Gasteiger partial charge in [0.25, 0.3) is 11.8 Å². The molecule has 0 saturated carbocycles. The van der Waals surface area contributed by atoms with Crippen molar-refractivity contribution in [2.24, 2.45) is 0 Å². The summed E-state index contributed by atoms with van der Waals surface area (Å²) in [5.74, 6) is -0.457. The Morgan fingerprint density at radius 3 is 2.37 bits per heavy atom. The zero-order chi connectivity index (χ0) is 21.1. The van der Waals surface area contributed by atoms with Gasteiger partial charge in [-0.1, -0.05) is 12.1 Å². The number of pyridine rings is 1. The second-order valence-electron chi connectivity index (χ2n) is 6.90. The number of aromatic nitrogens is 1. The standard InChI is InChI=1S/C24H19N3O3/c1-15-4-8-19(14-22(15)27-23(29)16-5-9-20(28)10-6-16)26-24(30)18-7-11-21-17(13-18)3-2-12-25-21/h2-14,28H,1H3,(H,26,30)(H,27,29). The predicted octanol–water partition coefficient (Wildman–Crippen LogP) is 4.75. The molecule has 0 aliphatic rings. The van der Waals surface area contributed by atoms with E-state index in [4.69, 9.17) is 0 Å². The van der Waals surface area contributed by atoms with Gasteiger partial charge in [0.05, 0.1) is 5.52 Å². The van der Waals surface area contributed by atoms with Gasteiger partial charge in [0, 0.05) is 34.1 Å². The van der Waals surface area contributed by atoms with Crippen LogP contribution in [0.3, 0.4) is 0 Å². The highest BCUT2D eigenvalue weighted by Crippen LogP contribution is 2.23. The quantitative estimate of drug-likeness (QED) is 0.463. The van der Waals surface area contributed by atoms with E-state index in [0.717, 1.165) is 16.5 Å². The number of hydrogen-bond acceptors (Lipinski definition) is 4. The molecule has 4 aromatic rings. The Hall–Kier alpha value is -4.19. The number of anilines is 2. The summed E-state index contributed by atoms with van der Waals surface area (Å²) < 4.78 is 0. The highest BCUT2D eigenvalue weighted by molar-refractivity contribution is 6.07. The Kier molecular flexibility index (Phi) is 5.13. The molecule has 0 saturated heterocycles. The lowest BCUT2D eigenvalue weighted by Gasteiger charge is -2.12. The zero-order valence-electron chi connectivity index (χ0n) is 16.2. The fourth-order valence-corrected chi connectivity index (χ4v) is 3.06. The summed E-state index contributed by atoms with van der Waals surface area (Å²) >= 11 is 0. The molecule has 6 nitrogen and oxygen atoms in total. The van der Waals surface area contributed by atoms with Crippen molar-refractivity contribution < 1.29 is 14.7 Å².